The fourth-order valence-electron chi connectivity index (χ4n) is 4.00. The number of hydrogen-bond acceptors (Lipinski definition) is 3. The summed E-state index contributed by atoms with van der Waals surface area (Å²) >= 11 is 0. The van der Waals surface area contributed by atoms with E-state index in [1.807, 2.05) is 18.2 Å². The summed E-state index contributed by atoms with van der Waals surface area (Å²) in [5.74, 6) is 0.597. The van der Waals surface area contributed by atoms with Crippen LogP contribution >= 0.6 is 0 Å². The number of nitrogens with one attached hydrogen (secondary N) is 1. The van der Waals surface area contributed by atoms with Gasteiger partial charge in [0.05, 0.1) is 0 Å². The molecule has 0 saturated heterocycles. The van der Waals surface area contributed by atoms with E-state index >= 15 is 0 Å². The molecular formula is C26H28N2O2. The number of hydrogen-bond donors (Lipinski definition) is 1. The van der Waals surface area contributed by atoms with Gasteiger partial charge < -0.3 is 15.0 Å². The summed E-state index contributed by atoms with van der Waals surface area (Å²) in [5, 5.41) is 2.86. The van der Waals surface area contributed by atoms with E-state index in [9.17, 15) is 4.79 Å². The summed E-state index contributed by atoms with van der Waals surface area (Å²) in [5.41, 5.74) is 7.56. The van der Waals surface area contributed by atoms with E-state index in [1.54, 1.807) is 0 Å². The van der Waals surface area contributed by atoms with Crippen molar-refractivity contribution in [2.24, 2.45) is 0 Å². The Balaban J connectivity index is 1.31. The highest BCUT2D eigenvalue weighted by Gasteiger charge is 2.20. The molecule has 0 aliphatic carbocycles. The van der Waals surface area contributed by atoms with Gasteiger partial charge >= 0.3 is 6.09 Å². The molecule has 4 heteroatoms. The van der Waals surface area contributed by atoms with Crippen molar-refractivity contribution in [3.8, 4) is 5.75 Å². The summed E-state index contributed by atoms with van der Waals surface area (Å²) in [6.07, 6.45) is 1.36. The van der Waals surface area contributed by atoms with Crippen LogP contribution < -0.4 is 15.0 Å². The normalized spacial score (nSPS) is 12.5. The molecule has 30 heavy (non-hydrogen) atoms. The maximum absolute atomic E-state index is 12.2. The number of rotatable bonds is 6. The largest absolute Gasteiger partial charge is 0.412 e. The number of benzene rings is 3. The van der Waals surface area contributed by atoms with E-state index in [4.69, 9.17) is 4.74 Å². The first-order chi connectivity index (χ1) is 14.6. The molecule has 154 valence electrons. The monoisotopic (exact) mass is 400 g/mol. The van der Waals surface area contributed by atoms with Crippen molar-refractivity contribution in [2.75, 3.05) is 18.0 Å². The molecule has 0 spiro atoms. The van der Waals surface area contributed by atoms with Crippen molar-refractivity contribution in [1.29, 1.82) is 0 Å². The molecule has 3 aromatic carbocycles. The quantitative estimate of drug-likeness (QED) is 0.619. The Labute approximate surface area is 178 Å². The van der Waals surface area contributed by atoms with Gasteiger partial charge in [-0.3, -0.25) is 0 Å². The molecule has 1 aliphatic rings. The number of nitrogens with zero attached hydrogens (tertiary/aromatic N) is 1. The second-order valence-corrected chi connectivity index (χ2v) is 7.87. The van der Waals surface area contributed by atoms with E-state index in [0.29, 0.717) is 12.3 Å². The van der Waals surface area contributed by atoms with Crippen LogP contribution in [0.4, 0.5) is 10.5 Å². The second kappa shape index (κ2) is 9.04. The van der Waals surface area contributed by atoms with Gasteiger partial charge in [-0.05, 0) is 72.7 Å². The third kappa shape index (κ3) is 4.65. The zero-order chi connectivity index (χ0) is 20.9. The minimum Gasteiger partial charge on any atom is -0.410 e. The first kappa shape index (κ1) is 20.0. The third-order valence-corrected chi connectivity index (χ3v) is 5.85. The van der Waals surface area contributed by atoms with Crippen LogP contribution in [0.1, 0.15) is 27.8 Å². The number of ether oxygens (including phenoxy) is 1. The molecule has 1 aliphatic heterocycles. The van der Waals surface area contributed by atoms with Crippen molar-refractivity contribution in [2.45, 2.75) is 33.2 Å². The van der Waals surface area contributed by atoms with Crippen LogP contribution in [-0.2, 0) is 19.4 Å². The summed E-state index contributed by atoms with van der Waals surface area (Å²) in [4.78, 5) is 14.6. The van der Waals surface area contributed by atoms with Gasteiger partial charge in [-0.1, -0.05) is 48.5 Å². The number of amides is 1. The molecule has 4 rings (SSSR count). The SMILES string of the molecule is Cc1cccc(CCNC(=O)Oc2ccc3c(c2)CCN3Cc2ccccc2)c1C. The van der Waals surface area contributed by atoms with Crippen LogP contribution in [0.5, 0.6) is 5.75 Å². The van der Waals surface area contributed by atoms with E-state index in [1.165, 1.54) is 33.5 Å². The second-order valence-electron chi connectivity index (χ2n) is 7.87. The van der Waals surface area contributed by atoms with Gasteiger partial charge in [0.2, 0.25) is 0 Å². The van der Waals surface area contributed by atoms with Crippen molar-refractivity contribution in [1.82, 2.24) is 5.32 Å². The average Bonchev–Trinajstić information content (AvgIpc) is 3.14. The Morgan fingerprint density at radius 3 is 2.70 bits per heavy atom. The van der Waals surface area contributed by atoms with Gasteiger partial charge in [-0.15, -0.1) is 0 Å². The standard InChI is InChI=1S/C26H28N2O2/c1-19-7-6-10-22(20(19)2)13-15-27-26(29)30-24-11-12-25-23(17-24)14-16-28(25)18-21-8-4-3-5-9-21/h3-12,17H,13-16,18H2,1-2H3,(H,27,29). The van der Waals surface area contributed by atoms with E-state index < -0.39 is 6.09 Å². The van der Waals surface area contributed by atoms with E-state index in [-0.39, 0.29) is 0 Å². The minimum absolute atomic E-state index is 0.403. The Bertz CT molecular complexity index is 1030. The van der Waals surface area contributed by atoms with Gasteiger partial charge in [-0.25, -0.2) is 4.79 Å². The number of carbonyl (C=O) groups is 1. The topological polar surface area (TPSA) is 41.6 Å². The fraction of sp³-hybridized carbons (Fsp3) is 0.269. The van der Waals surface area contributed by atoms with Crippen LogP contribution in [-0.4, -0.2) is 19.2 Å². The summed E-state index contributed by atoms with van der Waals surface area (Å²) < 4.78 is 5.52. The maximum atomic E-state index is 12.2. The summed E-state index contributed by atoms with van der Waals surface area (Å²) in [7, 11) is 0. The highest BCUT2D eigenvalue weighted by atomic mass is 16.6. The molecule has 0 bridgehead atoms. The van der Waals surface area contributed by atoms with Gasteiger partial charge in [-0.2, -0.15) is 0 Å². The molecule has 1 N–H and O–H groups in total. The maximum Gasteiger partial charge on any atom is 0.412 e. The van der Waals surface area contributed by atoms with Gasteiger partial charge in [0.15, 0.2) is 0 Å². The lowest BCUT2D eigenvalue weighted by molar-refractivity contribution is 0.200. The third-order valence-electron chi connectivity index (χ3n) is 5.85. The first-order valence-corrected chi connectivity index (χ1v) is 10.5. The highest BCUT2D eigenvalue weighted by Crippen LogP contribution is 2.32. The van der Waals surface area contributed by atoms with Gasteiger partial charge in [0.25, 0.3) is 0 Å². The van der Waals surface area contributed by atoms with Crippen LogP contribution in [0.25, 0.3) is 0 Å². The van der Waals surface area contributed by atoms with Crippen LogP contribution in [0.3, 0.4) is 0 Å². The molecule has 0 unspecified atom stereocenters. The molecule has 0 atom stereocenters. The first-order valence-electron chi connectivity index (χ1n) is 10.5. The number of fused-ring (bicyclic) bond motifs is 1. The molecule has 0 aromatic heterocycles. The van der Waals surface area contributed by atoms with Gasteiger partial charge in [0.1, 0.15) is 5.75 Å². The smallest absolute Gasteiger partial charge is 0.410 e. The minimum atomic E-state index is -0.403. The lowest BCUT2D eigenvalue weighted by atomic mass is 10.0. The zero-order valence-corrected chi connectivity index (χ0v) is 17.7. The fourth-order valence-corrected chi connectivity index (χ4v) is 4.00. The predicted octanol–water partition coefficient (Wildman–Crippen LogP) is 5.20. The van der Waals surface area contributed by atoms with E-state index in [0.717, 1.165) is 25.9 Å². The van der Waals surface area contributed by atoms with Crippen molar-refractivity contribution >= 4 is 11.8 Å². The Hall–Kier alpha value is -3.27. The lowest BCUT2D eigenvalue weighted by Crippen LogP contribution is -2.29. The molecule has 0 fully saturated rings. The Kier molecular flexibility index (Phi) is 6.03. The van der Waals surface area contributed by atoms with Crippen molar-refractivity contribution in [3.05, 3.63) is 94.5 Å². The predicted molar refractivity (Wildman–Crippen MR) is 121 cm³/mol. The van der Waals surface area contributed by atoms with Crippen LogP contribution in [0.2, 0.25) is 0 Å². The Morgan fingerprint density at radius 2 is 1.87 bits per heavy atom. The number of anilines is 1. The van der Waals surface area contributed by atoms with E-state index in [2.05, 4.69) is 72.6 Å². The molecule has 0 radical (unpaired) electrons. The zero-order valence-electron chi connectivity index (χ0n) is 17.7. The molecule has 1 heterocycles. The molecule has 4 nitrogen and oxygen atoms in total. The molecule has 1 amide bonds. The molecule has 0 saturated carbocycles. The Morgan fingerprint density at radius 1 is 1.03 bits per heavy atom. The lowest BCUT2D eigenvalue weighted by Gasteiger charge is -2.19. The number of aryl methyl sites for hydroxylation is 1. The molecule has 3 aromatic rings. The highest BCUT2D eigenvalue weighted by molar-refractivity contribution is 5.71. The van der Waals surface area contributed by atoms with Crippen molar-refractivity contribution < 1.29 is 9.53 Å². The summed E-state index contributed by atoms with van der Waals surface area (Å²) in [6.45, 7) is 6.66. The molecular weight excluding hydrogens is 372 g/mol. The van der Waals surface area contributed by atoms with Crippen LogP contribution in [0.15, 0.2) is 66.7 Å². The average molecular weight is 401 g/mol. The van der Waals surface area contributed by atoms with Crippen molar-refractivity contribution in [3.63, 3.8) is 0 Å². The van der Waals surface area contributed by atoms with Crippen LogP contribution in [0, 0.1) is 13.8 Å². The number of carbonyl (C=O) groups excluding carboxylic acids is 1. The summed E-state index contributed by atoms with van der Waals surface area (Å²) in [6, 6.07) is 22.7. The van der Waals surface area contributed by atoms with Gasteiger partial charge in [0, 0.05) is 25.3 Å².